The Balaban J connectivity index is 1.74. The first-order valence-electron chi connectivity index (χ1n) is 7.55. The van der Waals surface area contributed by atoms with Crippen molar-refractivity contribution >= 4 is 40.7 Å². The zero-order chi connectivity index (χ0) is 16.2. The smallest absolute Gasteiger partial charge is 0.247 e. The lowest BCUT2D eigenvalue weighted by Gasteiger charge is -2.33. The first-order valence-corrected chi connectivity index (χ1v) is 8.31. The number of likely N-dealkylation sites (N-methyl/N-ethyl adjacent to an activating group) is 1. The molecule has 0 aliphatic carbocycles. The second-order valence-electron chi connectivity index (χ2n) is 5.29. The average molecular weight is 353 g/mol. The third-order valence-corrected chi connectivity index (χ3v) is 4.68. The van der Waals surface area contributed by atoms with Crippen molar-refractivity contribution in [2.45, 2.75) is 6.92 Å². The summed E-state index contributed by atoms with van der Waals surface area (Å²) in [6, 6.07) is 5.41. The molecule has 8 heteroatoms. The average Bonchev–Trinajstić information content (AvgIpc) is 2.59. The number of hydrogen-bond acceptors (Lipinski definition) is 6. The van der Waals surface area contributed by atoms with Gasteiger partial charge in [0.2, 0.25) is 5.95 Å². The van der Waals surface area contributed by atoms with Crippen LogP contribution in [-0.2, 0) is 0 Å². The molecule has 0 bridgehead atoms. The van der Waals surface area contributed by atoms with E-state index in [1.165, 1.54) is 0 Å². The Labute approximate surface area is 145 Å². The van der Waals surface area contributed by atoms with Crippen LogP contribution in [0.1, 0.15) is 6.92 Å². The van der Waals surface area contributed by atoms with Crippen LogP contribution in [0.5, 0.6) is 0 Å². The molecular weight excluding hydrogens is 335 g/mol. The van der Waals surface area contributed by atoms with E-state index in [-0.39, 0.29) is 0 Å². The number of nitrogens with zero attached hydrogens (tertiary/aromatic N) is 5. The summed E-state index contributed by atoms with van der Waals surface area (Å²) in [5, 5.41) is 12.3. The summed E-state index contributed by atoms with van der Waals surface area (Å²) in [4.78, 5) is 9.08. The number of piperazine rings is 1. The Hall–Kier alpha value is -1.63. The van der Waals surface area contributed by atoms with Crippen molar-refractivity contribution in [2.24, 2.45) is 0 Å². The molecule has 0 spiro atoms. The molecule has 1 aromatic heterocycles. The largest absolute Gasteiger partial charge is 0.338 e. The molecule has 6 nitrogen and oxygen atoms in total. The number of rotatable bonds is 4. The van der Waals surface area contributed by atoms with Crippen LogP contribution in [0.4, 0.5) is 17.5 Å². The Morgan fingerprint density at radius 2 is 1.96 bits per heavy atom. The predicted octanol–water partition coefficient (Wildman–Crippen LogP) is 3.06. The highest BCUT2D eigenvalue weighted by Gasteiger charge is 2.18. The molecule has 0 atom stereocenters. The van der Waals surface area contributed by atoms with E-state index in [2.05, 4.69) is 37.2 Å². The summed E-state index contributed by atoms with van der Waals surface area (Å²) in [5.74, 6) is 1.22. The quantitative estimate of drug-likeness (QED) is 0.912. The van der Waals surface area contributed by atoms with Crippen LogP contribution in [0.2, 0.25) is 10.0 Å². The molecule has 0 saturated carbocycles. The van der Waals surface area contributed by atoms with Crippen LogP contribution in [-0.4, -0.2) is 52.8 Å². The first-order chi connectivity index (χ1) is 11.2. The molecule has 3 rings (SSSR count). The highest BCUT2D eigenvalue weighted by molar-refractivity contribution is 6.43. The van der Waals surface area contributed by atoms with Crippen molar-refractivity contribution in [3.8, 4) is 0 Å². The topological polar surface area (TPSA) is 57.2 Å². The van der Waals surface area contributed by atoms with Crippen LogP contribution in [0.15, 0.2) is 24.4 Å². The van der Waals surface area contributed by atoms with Gasteiger partial charge in [-0.05, 0) is 18.7 Å². The number of nitrogens with one attached hydrogen (secondary N) is 1. The summed E-state index contributed by atoms with van der Waals surface area (Å²) in [6.07, 6.45) is 1.57. The summed E-state index contributed by atoms with van der Waals surface area (Å²) in [5.41, 5.74) is 0.696. The fraction of sp³-hybridized carbons (Fsp3) is 0.400. The zero-order valence-electron chi connectivity index (χ0n) is 12.8. The molecule has 2 aromatic rings. The molecule has 23 heavy (non-hydrogen) atoms. The Morgan fingerprint density at radius 1 is 1.17 bits per heavy atom. The second-order valence-corrected chi connectivity index (χ2v) is 6.07. The number of hydrogen-bond donors (Lipinski definition) is 1. The van der Waals surface area contributed by atoms with Crippen molar-refractivity contribution in [1.82, 2.24) is 20.1 Å². The van der Waals surface area contributed by atoms with Crippen LogP contribution in [0.25, 0.3) is 0 Å². The van der Waals surface area contributed by atoms with Crippen molar-refractivity contribution in [3.05, 3.63) is 34.4 Å². The van der Waals surface area contributed by atoms with Gasteiger partial charge in [0, 0.05) is 26.2 Å². The minimum atomic E-state index is 0.464. The number of halogens is 2. The third kappa shape index (κ3) is 3.83. The lowest BCUT2D eigenvalue weighted by molar-refractivity contribution is 0.269. The predicted molar refractivity (Wildman–Crippen MR) is 93.9 cm³/mol. The fourth-order valence-electron chi connectivity index (χ4n) is 2.49. The highest BCUT2D eigenvalue weighted by atomic mass is 35.5. The van der Waals surface area contributed by atoms with E-state index in [9.17, 15) is 0 Å². The van der Waals surface area contributed by atoms with Crippen LogP contribution >= 0.6 is 23.2 Å². The van der Waals surface area contributed by atoms with Gasteiger partial charge in [-0.3, -0.25) is 0 Å². The molecule has 1 N–H and O–H groups in total. The normalized spacial score (nSPS) is 15.7. The lowest BCUT2D eigenvalue weighted by Crippen LogP contribution is -2.46. The molecule has 0 unspecified atom stereocenters. The second kappa shape index (κ2) is 7.29. The Bertz CT molecular complexity index is 673. The fourth-order valence-corrected chi connectivity index (χ4v) is 2.84. The monoisotopic (exact) mass is 352 g/mol. The molecule has 0 amide bonds. The van der Waals surface area contributed by atoms with Gasteiger partial charge in [-0.15, -0.1) is 5.10 Å². The highest BCUT2D eigenvalue weighted by Crippen LogP contribution is 2.31. The minimum absolute atomic E-state index is 0.464. The maximum Gasteiger partial charge on any atom is 0.247 e. The molecule has 0 radical (unpaired) electrons. The Kier molecular flexibility index (Phi) is 5.15. The zero-order valence-corrected chi connectivity index (χ0v) is 14.3. The molecule has 2 heterocycles. The summed E-state index contributed by atoms with van der Waals surface area (Å²) in [6.45, 7) is 7.07. The first kappa shape index (κ1) is 16.2. The summed E-state index contributed by atoms with van der Waals surface area (Å²) >= 11 is 12.2. The van der Waals surface area contributed by atoms with E-state index in [0.29, 0.717) is 27.5 Å². The van der Waals surface area contributed by atoms with Crippen molar-refractivity contribution in [1.29, 1.82) is 0 Å². The summed E-state index contributed by atoms with van der Waals surface area (Å²) in [7, 11) is 0. The van der Waals surface area contributed by atoms with E-state index in [4.69, 9.17) is 23.2 Å². The molecule has 1 saturated heterocycles. The van der Waals surface area contributed by atoms with Gasteiger partial charge in [0.1, 0.15) is 0 Å². The van der Waals surface area contributed by atoms with Crippen molar-refractivity contribution in [2.75, 3.05) is 42.9 Å². The molecule has 1 fully saturated rings. The SMILES string of the molecule is CCN1CCN(c2nncc(Nc3cccc(Cl)c3Cl)n2)CC1. The number of anilines is 3. The van der Waals surface area contributed by atoms with E-state index in [1.54, 1.807) is 12.3 Å². The van der Waals surface area contributed by atoms with Gasteiger partial charge in [0.15, 0.2) is 5.82 Å². The van der Waals surface area contributed by atoms with E-state index < -0.39 is 0 Å². The van der Waals surface area contributed by atoms with Crippen LogP contribution in [0.3, 0.4) is 0 Å². The number of benzene rings is 1. The van der Waals surface area contributed by atoms with Crippen LogP contribution in [0, 0.1) is 0 Å². The molecule has 1 aliphatic rings. The third-order valence-electron chi connectivity index (χ3n) is 3.86. The van der Waals surface area contributed by atoms with Crippen molar-refractivity contribution in [3.63, 3.8) is 0 Å². The van der Waals surface area contributed by atoms with Gasteiger partial charge < -0.3 is 15.1 Å². The van der Waals surface area contributed by atoms with Crippen LogP contribution < -0.4 is 10.2 Å². The van der Waals surface area contributed by atoms with Gasteiger partial charge in [-0.1, -0.05) is 36.2 Å². The maximum absolute atomic E-state index is 6.19. The Morgan fingerprint density at radius 3 is 2.70 bits per heavy atom. The van der Waals surface area contributed by atoms with Gasteiger partial charge >= 0.3 is 0 Å². The van der Waals surface area contributed by atoms with Crippen molar-refractivity contribution < 1.29 is 0 Å². The standard InChI is InChI=1S/C15H18Cl2N6/c1-2-22-6-8-23(9-7-22)15-20-13(10-18-21-15)19-12-5-3-4-11(16)14(12)17/h3-5,10H,2,6-9H2,1H3,(H,19,20,21). The van der Waals surface area contributed by atoms with E-state index >= 15 is 0 Å². The van der Waals surface area contributed by atoms with Gasteiger partial charge in [-0.2, -0.15) is 10.1 Å². The molecule has 1 aliphatic heterocycles. The summed E-state index contributed by atoms with van der Waals surface area (Å²) < 4.78 is 0. The molecule has 1 aromatic carbocycles. The minimum Gasteiger partial charge on any atom is -0.338 e. The van der Waals surface area contributed by atoms with Gasteiger partial charge in [-0.25, -0.2) is 0 Å². The molecule has 122 valence electrons. The van der Waals surface area contributed by atoms with E-state index in [0.717, 1.165) is 32.7 Å². The number of aromatic nitrogens is 3. The van der Waals surface area contributed by atoms with Gasteiger partial charge in [0.05, 0.1) is 21.9 Å². The van der Waals surface area contributed by atoms with E-state index in [1.807, 2.05) is 12.1 Å². The van der Waals surface area contributed by atoms with Gasteiger partial charge in [0.25, 0.3) is 0 Å². The molecular formula is C15H18Cl2N6. The maximum atomic E-state index is 6.19. The lowest BCUT2D eigenvalue weighted by atomic mass is 10.3.